The van der Waals surface area contributed by atoms with Gasteiger partial charge in [-0.15, -0.1) is 0 Å². The molecular formula is C51H54BBrN4O8. The molecule has 0 spiro atoms. The lowest BCUT2D eigenvalue weighted by atomic mass is 9.80. The molecule has 0 saturated heterocycles. The zero-order chi connectivity index (χ0) is 45.0. The van der Waals surface area contributed by atoms with Crippen LogP contribution in [0.25, 0.3) is 11.3 Å². The van der Waals surface area contributed by atoms with Gasteiger partial charge < -0.3 is 38.8 Å². The number of anilines is 2. The van der Waals surface area contributed by atoms with Crippen LogP contribution in [0.1, 0.15) is 55.6 Å². The van der Waals surface area contributed by atoms with E-state index in [1.165, 1.54) is 0 Å². The molecule has 0 atom stereocenters. The summed E-state index contributed by atoms with van der Waals surface area (Å²) in [5.74, 6) is 3.40. The third-order valence-electron chi connectivity index (χ3n) is 12.1. The number of pyridine rings is 2. The van der Waals surface area contributed by atoms with Gasteiger partial charge >= 0.3 is 7.12 Å². The number of ether oxygens (including phenoxy) is 4. The molecule has 6 aromatic rings. The summed E-state index contributed by atoms with van der Waals surface area (Å²) in [7, 11) is 6.54. The highest BCUT2D eigenvalue weighted by molar-refractivity contribution is 9.10. The number of halogens is 1. The fourth-order valence-corrected chi connectivity index (χ4v) is 8.31. The molecule has 2 fully saturated rings. The third-order valence-corrected chi connectivity index (χ3v) is 12.5. The molecular weight excluding hydrogens is 887 g/mol. The van der Waals surface area contributed by atoms with Crippen LogP contribution in [0.5, 0.6) is 23.0 Å². The van der Waals surface area contributed by atoms with Crippen LogP contribution in [0, 0.1) is 0 Å². The number of hydrogen-bond donors (Lipinski definition) is 2. The standard InChI is InChI=1S/C25H24N2O3.C17H14BrNO3.C8H12BNO2.CH4/c1-27(2)20-9-6-17(7-10-20)21-5-3-4-19(26-21)15-24(28)25(12-13-25)18-8-11-22-23(14-18)30-16-29-22;18-16-3-1-2-12(19-16)9-15(20)17(6-7-17)11-4-5-13-14(8-11)22-10-21-13;1-10(2)8-5-3-7(4-6-8)9(11)12;/h3-11,14H,12-13,15-16H2,1-2H3;1-5,8H,6-7,9-10H2;3-6,11-12H,1-2H3;1H4. The van der Waals surface area contributed by atoms with Gasteiger partial charge in [0, 0.05) is 69.4 Å². The second kappa shape index (κ2) is 19.9. The van der Waals surface area contributed by atoms with E-state index in [-0.39, 0.29) is 38.0 Å². The molecule has 2 saturated carbocycles. The van der Waals surface area contributed by atoms with Crippen molar-refractivity contribution in [2.24, 2.45) is 0 Å². The van der Waals surface area contributed by atoms with E-state index in [0.717, 1.165) is 98.4 Å². The fraction of sp³-hybridized carbons (Fsp3) is 0.294. The molecule has 0 bridgehead atoms. The summed E-state index contributed by atoms with van der Waals surface area (Å²) in [6, 6.07) is 38.6. The van der Waals surface area contributed by atoms with Gasteiger partial charge in [-0.3, -0.25) is 14.6 Å². The Morgan fingerprint density at radius 3 is 1.49 bits per heavy atom. The Balaban J connectivity index is 0.000000158. The summed E-state index contributed by atoms with van der Waals surface area (Å²) in [6.07, 6.45) is 4.21. The second-order valence-electron chi connectivity index (χ2n) is 16.8. The maximum atomic E-state index is 13.2. The number of nitrogens with zero attached hydrogens (tertiary/aromatic N) is 4. The van der Waals surface area contributed by atoms with Crippen molar-refractivity contribution in [2.75, 3.05) is 51.6 Å². The number of carbonyl (C=O) groups is 2. The van der Waals surface area contributed by atoms with E-state index in [1.54, 1.807) is 12.1 Å². The molecule has 10 rings (SSSR count). The monoisotopic (exact) mass is 940 g/mol. The zero-order valence-corrected chi connectivity index (χ0v) is 37.9. The third kappa shape index (κ3) is 10.7. The first-order valence-corrected chi connectivity index (χ1v) is 22.0. The van der Waals surface area contributed by atoms with E-state index in [1.807, 2.05) is 118 Å². The number of benzene rings is 4. The van der Waals surface area contributed by atoms with Crippen molar-refractivity contribution in [3.8, 4) is 34.3 Å². The first kappa shape index (κ1) is 46.8. The summed E-state index contributed by atoms with van der Waals surface area (Å²) in [4.78, 5) is 39.2. The van der Waals surface area contributed by atoms with Crippen LogP contribution >= 0.6 is 15.9 Å². The normalized spacial score (nSPS) is 14.9. The Bertz CT molecular complexity index is 2610. The van der Waals surface area contributed by atoms with Crippen molar-refractivity contribution in [3.63, 3.8) is 0 Å². The first-order valence-electron chi connectivity index (χ1n) is 21.2. The minimum Gasteiger partial charge on any atom is -0.454 e. The molecule has 2 aliphatic carbocycles. The number of ketones is 2. The van der Waals surface area contributed by atoms with Crippen molar-refractivity contribution in [3.05, 3.63) is 148 Å². The number of carbonyl (C=O) groups excluding carboxylic acids is 2. The van der Waals surface area contributed by atoms with E-state index < -0.39 is 12.5 Å². The lowest BCUT2D eigenvalue weighted by molar-refractivity contribution is -0.121. The SMILES string of the molecule is C.CN(C)c1ccc(-c2cccc(CC(=O)C3(c4ccc5c(c4)OCO5)CC3)n2)cc1.CN(C)c1ccc(B(O)O)cc1.O=C(Cc1cccc(Br)n1)C1(c2ccc3c(c2)OCO3)CC1. The second-order valence-corrected chi connectivity index (χ2v) is 17.6. The van der Waals surface area contributed by atoms with Crippen LogP contribution in [0.3, 0.4) is 0 Å². The Labute approximate surface area is 389 Å². The molecule has 4 aromatic carbocycles. The lowest BCUT2D eigenvalue weighted by Gasteiger charge is -2.15. The van der Waals surface area contributed by atoms with Crippen LogP contribution in [0.2, 0.25) is 0 Å². The van der Waals surface area contributed by atoms with Crippen LogP contribution in [-0.2, 0) is 33.3 Å². The van der Waals surface area contributed by atoms with Crippen molar-refractivity contribution in [2.45, 2.75) is 56.8 Å². The summed E-state index contributed by atoms with van der Waals surface area (Å²) in [5, 5.41) is 17.6. The average Bonchev–Trinajstić information content (AvgIpc) is 4.19. The summed E-state index contributed by atoms with van der Waals surface area (Å²) in [6.45, 7) is 0.494. The van der Waals surface area contributed by atoms with Gasteiger partial charge in [-0.1, -0.05) is 56.0 Å². The quantitative estimate of drug-likeness (QED) is 0.0911. The molecule has 0 unspecified atom stereocenters. The molecule has 4 aliphatic rings. The van der Waals surface area contributed by atoms with Crippen molar-refractivity contribution < 1.29 is 38.6 Å². The molecule has 2 N–H and O–H groups in total. The fourth-order valence-electron chi connectivity index (χ4n) is 7.93. The van der Waals surface area contributed by atoms with Gasteiger partial charge in [0.2, 0.25) is 13.6 Å². The maximum absolute atomic E-state index is 13.2. The van der Waals surface area contributed by atoms with E-state index in [4.69, 9.17) is 34.0 Å². The highest BCUT2D eigenvalue weighted by Crippen LogP contribution is 2.52. The lowest BCUT2D eigenvalue weighted by Crippen LogP contribution is -2.29. The van der Waals surface area contributed by atoms with E-state index in [2.05, 4.69) is 50.1 Å². The number of fused-ring (bicyclic) bond motifs is 2. The molecule has 2 aromatic heterocycles. The molecule has 4 heterocycles. The Hall–Kier alpha value is -6.22. The molecule has 2 aliphatic heterocycles. The number of Topliss-reactive ketones (excluding diaryl/α,β-unsaturated/α-hetero) is 2. The van der Waals surface area contributed by atoms with Gasteiger partial charge in [-0.25, -0.2) is 4.98 Å². The van der Waals surface area contributed by atoms with Crippen LogP contribution in [0.15, 0.2) is 126 Å². The highest BCUT2D eigenvalue weighted by atomic mass is 79.9. The average molecular weight is 942 g/mol. The topological polar surface area (TPSA) is 144 Å². The highest BCUT2D eigenvalue weighted by Gasteiger charge is 2.52. The maximum Gasteiger partial charge on any atom is 0.488 e. The van der Waals surface area contributed by atoms with Gasteiger partial charge in [-0.05, 0) is 131 Å². The predicted molar refractivity (Wildman–Crippen MR) is 258 cm³/mol. The van der Waals surface area contributed by atoms with Crippen LogP contribution < -0.4 is 34.2 Å². The molecule has 14 heteroatoms. The molecule has 336 valence electrons. The van der Waals surface area contributed by atoms with Gasteiger partial charge in [0.05, 0.1) is 16.5 Å². The summed E-state index contributed by atoms with van der Waals surface area (Å²) in [5.41, 5.74) is 7.50. The van der Waals surface area contributed by atoms with Gasteiger partial charge in [-0.2, -0.15) is 0 Å². The van der Waals surface area contributed by atoms with E-state index >= 15 is 0 Å². The van der Waals surface area contributed by atoms with Crippen molar-refractivity contribution in [1.82, 2.24) is 9.97 Å². The molecule has 65 heavy (non-hydrogen) atoms. The molecule has 0 amide bonds. The summed E-state index contributed by atoms with van der Waals surface area (Å²) >= 11 is 3.34. The number of hydrogen-bond acceptors (Lipinski definition) is 12. The Kier molecular flexibility index (Phi) is 14.3. The largest absolute Gasteiger partial charge is 0.488 e. The van der Waals surface area contributed by atoms with Crippen LogP contribution in [0.4, 0.5) is 11.4 Å². The van der Waals surface area contributed by atoms with Gasteiger partial charge in [0.25, 0.3) is 0 Å². The van der Waals surface area contributed by atoms with E-state index in [9.17, 15) is 9.59 Å². The summed E-state index contributed by atoms with van der Waals surface area (Å²) < 4.78 is 22.4. The predicted octanol–water partition coefficient (Wildman–Crippen LogP) is 7.87. The number of rotatable bonds is 12. The Morgan fingerprint density at radius 1 is 0.600 bits per heavy atom. The minimum atomic E-state index is -1.37. The van der Waals surface area contributed by atoms with Crippen LogP contribution in [-0.4, -0.2) is 80.5 Å². The molecule has 0 radical (unpaired) electrons. The number of aromatic nitrogens is 2. The minimum absolute atomic E-state index is 0. The molecule has 12 nitrogen and oxygen atoms in total. The van der Waals surface area contributed by atoms with Gasteiger partial charge in [0.15, 0.2) is 23.0 Å². The smallest absolute Gasteiger partial charge is 0.454 e. The van der Waals surface area contributed by atoms with Crippen molar-refractivity contribution >= 4 is 51.5 Å². The zero-order valence-electron chi connectivity index (χ0n) is 36.3. The van der Waals surface area contributed by atoms with Crippen molar-refractivity contribution in [1.29, 1.82) is 0 Å². The first-order chi connectivity index (χ1) is 30.8. The van der Waals surface area contributed by atoms with E-state index in [0.29, 0.717) is 18.3 Å². The Morgan fingerprint density at radius 2 is 1.05 bits per heavy atom. The van der Waals surface area contributed by atoms with Gasteiger partial charge in [0.1, 0.15) is 16.2 Å².